The van der Waals surface area contributed by atoms with E-state index in [4.69, 9.17) is 22.9 Å². The van der Waals surface area contributed by atoms with Crippen molar-refractivity contribution >= 4 is 11.9 Å². The zero-order chi connectivity index (χ0) is 10.3. The number of nitrogens with two attached hydrogens (primary N) is 4. The van der Waals surface area contributed by atoms with E-state index >= 15 is 0 Å². The minimum atomic E-state index is -0.614. The maximum Gasteiger partial charge on any atom is 0.242 e. The minimum absolute atomic E-state index is 0.114. The van der Waals surface area contributed by atoms with Crippen LogP contribution in [0.15, 0.2) is 4.99 Å². The second-order valence-electron chi connectivity index (χ2n) is 2.76. The van der Waals surface area contributed by atoms with E-state index in [2.05, 4.69) is 4.99 Å². The third-order valence-electron chi connectivity index (χ3n) is 1.57. The monoisotopic (exact) mass is 187 g/mol. The molecule has 0 saturated carbocycles. The first-order valence-electron chi connectivity index (χ1n) is 4.16. The molecule has 13 heavy (non-hydrogen) atoms. The molecular weight excluding hydrogens is 170 g/mol. The van der Waals surface area contributed by atoms with Crippen LogP contribution in [0.1, 0.15) is 19.3 Å². The summed E-state index contributed by atoms with van der Waals surface area (Å²) in [6.45, 7) is 0.591. The highest BCUT2D eigenvalue weighted by atomic mass is 16.1. The summed E-state index contributed by atoms with van der Waals surface area (Å²) in [5.74, 6) is -0.623. The Morgan fingerprint density at radius 3 is 2.23 bits per heavy atom. The van der Waals surface area contributed by atoms with Crippen molar-refractivity contribution in [3.05, 3.63) is 0 Å². The fourth-order valence-electron chi connectivity index (χ4n) is 0.932. The Labute approximate surface area is 77.3 Å². The van der Waals surface area contributed by atoms with Gasteiger partial charge in [-0.3, -0.25) is 4.79 Å². The van der Waals surface area contributed by atoms with Gasteiger partial charge in [0, 0.05) is 0 Å². The van der Waals surface area contributed by atoms with Crippen molar-refractivity contribution in [2.45, 2.75) is 25.3 Å². The number of nitrogens with zero attached hydrogens (tertiary/aromatic N) is 1. The quantitative estimate of drug-likeness (QED) is 0.223. The molecule has 6 heteroatoms. The molecule has 0 saturated heterocycles. The molecule has 0 heterocycles. The van der Waals surface area contributed by atoms with E-state index in [-0.39, 0.29) is 5.96 Å². The smallest absolute Gasteiger partial charge is 0.242 e. The van der Waals surface area contributed by atoms with Gasteiger partial charge in [0.1, 0.15) is 6.04 Å². The Morgan fingerprint density at radius 1 is 1.23 bits per heavy atom. The van der Waals surface area contributed by atoms with Crippen molar-refractivity contribution in [2.75, 3.05) is 6.54 Å². The molecule has 0 rings (SSSR count). The van der Waals surface area contributed by atoms with Crippen LogP contribution in [0, 0.1) is 0 Å². The van der Waals surface area contributed by atoms with Gasteiger partial charge < -0.3 is 22.9 Å². The zero-order valence-electron chi connectivity index (χ0n) is 7.57. The maximum atomic E-state index is 10.8. The topological polar surface area (TPSA) is 134 Å². The Bertz CT molecular complexity index is 187. The highest BCUT2D eigenvalue weighted by molar-refractivity contribution is 5.84. The van der Waals surface area contributed by atoms with Crippen molar-refractivity contribution < 1.29 is 4.79 Å². The number of primary amides is 1. The fourth-order valence-corrected chi connectivity index (χ4v) is 0.932. The van der Waals surface area contributed by atoms with Crippen LogP contribution in [0.4, 0.5) is 0 Å². The first-order valence-corrected chi connectivity index (χ1v) is 4.16. The highest BCUT2D eigenvalue weighted by Gasteiger charge is 2.12. The summed E-state index contributed by atoms with van der Waals surface area (Å²) in [4.78, 5) is 14.5. The van der Waals surface area contributed by atoms with Crippen LogP contribution < -0.4 is 22.9 Å². The normalized spacial score (nSPS) is 12.1. The van der Waals surface area contributed by atoms with Gasteiger partial charge in [-0.2, -0.15) is 0 Å². The number of aliphatic imine (C=N–C) groups is 1. The molecule has 0 fully saturated rings. The van der Waals surface area contributed by atoms with E-state index in [1.807, 2.05) is 0 Å². The molecule has 0 radical (unpaired) electrons. The molecule has 0 spiro atoms. The van der Waals surface area contributed by atoms with Crippen LogP contribution in [0.5, 0.6) is 0 Å². The number of carbonyl (C=O) groups excluding carboxylic acids is 1. The average molecular weight is 187 g/mol. The zero-order valence-corrected chi connectivity index (χ0v) is 7.57. The Hall–Kier alpha value is -1.30. The molecule has 0 unspecified atom stereocenters. The summed E-state index contributed by atoms with van der Waals surface area (Å²) in [5.41, 5.74) is 20.6. The molecule has 8 N–H and O–H groups in total. The van der Waals surface area contributed by atoms with Gasteiger partial charge in [0.05, 0.1) is 0 Å². The number of rotatable bonds is 6. The number of amides is 1. The van der Waals surface area contributed by atoms with Crippen molar-refractivity contribution in [3.8, 4) is 0 Å². The van der Waals surface area contributed by atoms with Crippen LogP contribution in [-0.4, -0.2) is 24.5 Å². The first kappa shape index (κ1) is 11.7. The largest absolute Gasteiger partial charge is 0.370 e. The van der Waals surface area contributed by atoms with Crippen LogP contribution in [0.2, 0.25) is 0 Å². The van der Waals surface area contributed by atoms with Gasteiger partial charge in [0.15, 0.2) is 5.96 Å². The summed E-state index contributed by atoms with van der Waals surface area (Å²) in [7, 11) is 0. The number of hydrogen-bond acceptors (Lipinski definition) is 3. The van der Waals surface area contributed by atoms with E-state index in [0.29, 0.717) is 13.0 Å². The number of carbonyl (C=O) groups is 1. The fraction of sp³-hybridized carbons (Fsp3) is 0.714. The molecule has 0 aliphatic carbocycles. The maximum absolute atomic E-state index is 10.8. The van der Waals surface area contributed by atoms with Gasteiger partial charge in [-0.1, -0.05) is 0 Å². The molecule has 76 valence electrons. The molecule has 0 aromatic heterocycles. The Balaban J connectivity index is 3.96. The molecular formula is C7H17N5O. The van der Waals surface area contributed by atoms with E-state index in [0.717, 1.165) is 12.8 Å². The van der Waals surface area contributed by atoms with Crippen LogP contribution in [0.3, 0.4) is 0 Å². The Morgan fingerprint density at radius 2 is 1.85 bits per heavy atom. The summed E-state index contributed by atoms with van der Waals surface area (Å²) in [6, 6.07) is -0.614. The molecule has 0 aromatic rings. The van der Waals surface area contributed by atoms with Crippen molar-refractivity contribution in [1.29, 1.82) is 0 Å². The standard InChI is InChI=1S/C7H17N5O/c8-4-2-1-3-5(6(9)13)12-7(10)11/h5H,1-4,8H2,(H2,9,13)(H4,10,11,12)/t5-/m1/s1. The highest BCUT2D eigenvalue weighted by Crippen LogP contribution is 2.03. The summed E-state index contributed by atoms with van der Waals surface area (Å²) in [6.07, 6.45) is 2.18. The molecule has 0 aliphatic heterocycles. The third-order valence-corrected chi connectivity index (χ3v) is 1.57. The molecule has 0 aromatic carbocycles. The lowest BCUT2D eigenvalue weighted by Gasteiger charge is -2.07. The van der Waals surface area contributed by atoms with Gasteiger partial charge in [0.2, 0.25) is 5.91 Å². The summed E-state index contributed by atoms with van der Waals surface area (Å²) in [5, 5.41) is 0. The molecule has 0 bridgehead atoms. The molecule has 6 nitrogen and oxygen atoms in total. The van der Waals surface area contributed by atoms with Crippen molar-refractivity contribution in [3.63, 3.8) is 0 Å². The number of guanidine groups is 1. The number of hydrogen-bond donors (Lipinski definition) is 4. The van der Waals surface area contributed by atoms with Crippen molar-refractivity contribution in [2.24, 2.45) is 27.9 Å². The molecule has 1 amide bonds. The van der Waals surface area contributed by atoms with Crippen LogP contribution in [0.25, 0.3) is 0 Å². The molecule has 1 atom stereocenters. The summed E-state index contributed by atoms with van der Waals surface area (Å²) < 4.78 is 0. The number of unbranched alkanes of at least 4 members (excludes halogenated alkanes) is 1. The van der Waals surface area contributed by atoms with Gasteiger partial charge in [-0.05, 0) is 25.8 Å². The second kappa shape index (κ2) is 6.24. The molecule has 0 aliphatic rings. The first-order chi connectivity index (χ1) is 6.07. The van der Waals surface area contributed by atoms with Gasteiger partial charge in [0.25, 0.3) is 0 Å². The van der Waals surface area contributed by atoms with E-state index in [1.54, 1.807) is 0 Å². The van der Waals surface area contributed by atoms with E-state index in [9.17, 15) is 4.79 Å². The van der Waals surface area contributed by atoms with Gasteiger partial charge in [-0.15, -0.1) is 0 Å². The van der Waals surface area contributed by atoms with Gasteiger partial charge >= 0.3 is 0 Å². The van der Waals surface area contributed by atoms with Crippen LogP contribution >= 0.6 is 0 Å². The predicted molar refractivity (Wildman–Crippen MR) is 51.7 cm³/mol. The van der Waals surface area contributed by atoms with Crippen molar-refractivity contribution in [1.82, 2.24) is 0 Å². The van der Waals surface area contributed by atoms with E-state index in [1.165, 1.54) is 0 Å². The SMILES string of the molecule is NCCCC[C@@H](N=C(N)N)C(N)=O. The lowest BCUT2D eigenvalue weighted by molar-refractivity contribution is -0.119. The summed E-state index contributed by atoms with van der Waals surface area (Å²) >= 11 is 0. The lowest BCUT2D eigenvalue weighted by atomic mass is 10.1. The van der Waals surface area contributed by atoms with Gasteiger partial charge in [-0.25, -0.2) is 4.99 Å². The average Bonchev–Trinajstić information content (AvgIpc) is 2.02. The second-order valence-corrected chi connectivity index (χ2v) is 2.76. The van der Waals surface area contributed by atoms with Crippen LogP contribution in [-0.2, 0) is 4.79 Å². The lowest BCUT2D eigenvalue weighted by Crippen LogP contribution is -2.32. The predicted octanol–water partition coefficient (Wildman–Crippen LogP) is -1.76. The third kappa shape index (κ3) is 5.92. The van der Waals surface area contributed by atoms with E-state index < -0.39 is 11.9 Å². The Kier molecular flexibility index (Phi) is 5.62. The minimum Gasteiger partial charge on any atom is -0.370 e.